The molecule has 0 aliphatic heterocycles. The number of carbonyl (C=O) groups is 2. The van der Waals surface area contributed by atoms with Crippen LogP contribution in [0.15, 0.2) is 12.1 Å². The van der Waals surface area contributed by atoms with Crippen LogP contribution in [0, 0.1) is 17.5 Å². The molecule has 1 amide bonds. The number of hydrogen-bond donors (Lipinski definition) is 2. The van der Waals surface area contributed by atoms with Crippen LogP contribution in [0.5, 0.6) is 0 Å². The molecule has 0 radical (unpaired) electrons. The topological polar surface area (TPSA) is 66.4 Å². The van der Waals surface area contributed by atoms with Crippen molar-refractivity contribution in [3.63, 3.8) is 0 Å². The molecule has 0 aliphatic rings. The van der Waals surface area contributed by atoms with Crippen molar-refractivity contribution >= 4 is 11.9 Å². The molecule has 0 aliphatic carbocycles. The Kier molecular flexibility index (Phi) is 3.49. The summed E-state index contributed by atoms with van der Waals surface area (Å²) < 4.78 is 38.5. The van der Waals surface area contributed by atoms with Gasteiger partial charge in [-0.25, -0.2) is 13.2 Å². The maximum atomic E-state index is 13.0. The van der Waals surface area contributed by atoms with Gasteiger partial charge in [0.15, 0.2) is 0 Å². The maximum absolute atomic E-state index is 13.0. The van der Waals surface area contributed by atoms with Crippen LogP contribution in [-0.2, 0) is 4.79 Å². The highest BCUT2D eigenvalue weighted by Crippen LogP contribution is 2.14. The second-order valence-electron chi connectivity index (χ2n) is 2.82. The summed E-state index contributed by atoms with van der Waals surface area (Å²) in [5.74, 6) is -6.56. The molecule has 1 aromatic carbocycles. The number of benzene rings is 1. The highest BCUT2D eigenvalue weighted by molar-refractivity contribution is 5.96. The van der Waals surface area contributed by atoms with Crippen molar-refractivity contribution in [1.82, 2.24) is 5.32 Å². The van der Waals surface area contributed by atoms with Crippen LogP contribution in [-0.4, -0.2) is 23.5 Å². The number of carbonyl (C=O) groups excluding carboxylic acids is 1. The van der Waals surface area contributed by atoms with E-state index in [-0.39, 0.29) is 0 Å². The van der Waals surface area contributed by atoms with Crippen LogP contribution in [0.2, 0.25) is 0 Å². The van der Waals surface area contributed by atoms with Gasteiger partial charge in [-0.15, -0.1) is 0 Å². The fourth-order valence-electron chi connectivity index (χ4n) is 1.00. The minimum absolute atomic E-state index is 0.332. The number of nitrogens with one attached hydrogen (secondary N) is 1. The summed E-state index contributed by atoms with van der Waals surface area (Å²) >= 11 is 0. The maximum Gasteiger partial charge on any atom is 0.322 e. The van der Waals surface area contributed by atoms with E-state index in [1.54, 1.807) is 5.32 Å². The summed E-state index contributed by atoms with van der Waals surface area (Å²) in [6.07, 6.45) is 0. The SMILES string of the molecule is O=C(O)CNC(=O)c1c(F)cc(F)cc1F. The van der Waals surface area contributed by atoms with E-state index in [1.807, 2.05) is 0 Å². The lowest BCUT2D eigenvalue weighted by molar-refractivity contribution is -0.135. The van der Waals surface area contributed by atoms with Crippen LogP contribution in [0.1, 0.15) is 10.4 Å². The molecule has 0 spiro atoms. The number of rotatable bonds is 3. The minimum Gasteiger partial charge on any atom is -0.480 e. The van der Waals surface area contributed by atoms with Gasteiger partial charge in [0.25, 0.3) is 5.91 Å². The third-order valence-electron chi connectivity index (χ3n) is 1.63. The lowest BCUT2D eigenvalue weighted by Gasteiger charge is -2.05. The van der Waals surface area contributed by atoms with Gasteiger partial charge in [0.05, 0.1) is 0 Å². The molecule has 1 rings (SSSR count). The first-order valence-corrected chi connectivity index (χ1v) is 4.06. The highest BCUT2D eigenvalue weighted by atomic mass is 19.1. The van der Waals surface area contributed by atoms with Gasteiger partial charge in [-0.3, -0.25) is 9.59 Å². The first-order valence-electron chi connectivity index (χ1n) is 4.06. The molecule has 0 unspecified atom stereocenters. The van der Waals surface area contributed by atoms with Crippen molar-refractivity contribution in [3.05, 3.63) is 35.1 Å². The standard InChI is InChI=1S/C9H6F3NO3/c10-4-1-5(11)8(6(12)2-4)9(16)13-3-7(14)15/h1-2H,3H2,(H,13,16)(H,14,15). The third-order valence-corrected chi connectivity index (χ3v) is 1.63. The van der Waals surface area contributed by atoms with Crippen molar-refractivity contribution in [2.75, 3.05) is 6.54 Å². The first kappa shape index (κ1) is 12.0. The fraction of sp³-hybridized carbons (Fsp3) is 0.111. The van der Waals surface area contributed by atoms with Crippen molar-refractivity contribution in [3.8, 4) is 0 Å². The lowest BCUT2D eigenvalue weighted by atomic mass is 10.2. The van der Waals surface area contributed by atoms with E-state index in [9.17, 15) is 22.8 Å². The molecule has 2 N–H and O–H groups in total. The summed E-state index contributed by atoms with van der Waals surface area (Å²) in [4.78, 5) is 21.2. The lowest BCUT2D eigenvalue weighted by Crippen LogP contribution is -2.30. The predicted octanol–water partition coefficient (Wildman–Crippen LogP) is 0.918. The van der Waals surface area contributed by atoms with Gasteiger partial charge < -0.3 is 10.4 Å². The van der Waals surface area contributed by atoms with Crippen molar-refractivity contribution in [1.29, 1.82) is 0 Å². The Morgan fingerprint density at radius 3 is 2.12 bits per heavy atom. The molecular formula is C9H6F3NO3. The molecule has 7 heteroatoms. The van der Waals surface area contributed by atoms with Crippen molar-refractivity contribution in [2.24, 2.45) is 0 Å². The summed E-state index contributed by atoms with van der Waals surface area (Å²) in [7, 11) is 0. The van der Waals surface area contributed by atoms with Crippen molar-refractivity contribution in [2.45, 2.75) is 0 Å². The molecule has 0 fully saturated rings. The first-order chi connectivity index (χ1) is 7.41. The zero-order valence-corrected chi connectivity index (χ0v) is 7.76. The molecule has 0 heterocycles. The molecule has 86 valence electrons. The molecule has 4 nitrogen and oxygen atoms in total. The Hall–Kier alpha value is -2.05. The summed E-state index contributed by atoms with van der Waals surface area (Å²) in [6, 6.07) is 0.664. The van der Waals surface area contributed by atoms with Crippen LogP contribution < -0.4 is 5.32 Å². The van der Waals surface area contributed by atoms with Gasteiger partial charge in [-0.05, 0) is 0 Å². The molecule has 0 bridgehead atoms. The van der Waals surface area contributed by atoms with Gasteiger partial charge in [0, 0.05) is 12.1 Å². The van der Waals surface area contributed by atoms with Crippen LogP contribution in [0.25, 0.3) is 0 Å². The predicted molar refractivity (Wildman–Crippen MR) is 46.3 cm³/mol. The van der Waals surface area contributed by atoms with Crippen molar-refractivity contribution < 1.29 is 27.9 Å². The van der Waals surface area contributed by atoms with Gasteiger partial charge in [-0.2, -0.15) is 0 Å². The number of carboxylic acid groups (broad SMARTS) is 1. The van der Waals surface area contributed by atoms with E-state index in [0.29, 0.717) is 12.1 Å². The second kappa shape index (κ2) is 4.65. The van der Waals surface area contributed by atoms with Gasteiger partial charge in [-0.1, -0.05) is 0 Å². The third kappa shape index (κ3) is 2.72. The summed E-state index contributed by atoms with van der Waals surface area (Å²) in [6.45, 7) is -0.783. The normalized spacial score (nSPS) is 9.94. The Morgan fingerprint density at radius 1 is 1.19 bits per heavy atom. The minimum atomic E-state index is -1.39. The number of halogens is 3. The Labute approximate surface area is 87.7 Å². The van der Waals surface area contributed by atoms with Gasteiger partial charge in [0.2, 0.25) is 0 Å². The number of hydrogen-bond acceptors (Lipinski definition) is 2. The zero-order chi connectivity index (χ0) is 12.3. The molecule has 0 saturated heterocycles. The number of carboxylic acids is 1. The molecular weight excluding hydrogens is 227 g/mol. The quantitative estimate of drug-likeness (QED) is 0.815. The summed E-state index contributed by atoms with van der Waals surface area (Å²) in [5, 5.41) is 9.99. The molecule has 0 saturated carbocycles. The molecule has 1 aromatic rings. The van der Waals surface area contributed by atoms with E-state index in [2.05, 4.69) is 0 Å². The van der Waals surface area contributed by atoms with Crippen LogP contribution in [0.3, 0.4) is 0 Å². The Balaban J connectivity index is 2.95. The van der Waals surface area contributed by atoms with Gasteiger partial charge >= 0.3 is 5.97 Å². The van der Waals surface area contributed by atoms with E-state index in [1.165, 1.54) is 0 Å². The Bertz CT molecular complexity index is 425. The smallest absolute Gasteiger partial charge is 0.322 e. The average Bonchev–Trinajstić information content (AvgIpc) is 2.12. The number of amides is 1. The van der Waals surface area contributed by atoms with Crippen LogP contribution in [0.4, 0.5) is 13.2 Å². The molecule has 0 aromatic heterocycles. The largest absolute Gasteiger partial charge is 0.480 e. The summed E-state index contributed by atoms with van der Waals surface area (Å²) in [5.41, 5.74) is -1.01. The Morgan fingerprint density at radius 2 is 1.69 bits per heavy atom. The zero-order valence-electron chi connectivity index (χ0n) is 7.76. The van der Waals surface area contributed by atoms with E-state index in [4.69, 9.17) is 5.11 Å². The fourth-order valence-corrected chi connectivity index (χ4v) is 1.00. The monoisotopic (exact) mass is 233 g/mol. The molecule has 16 heavy (non-hydrogen) atoms. The molecule has 0 atom stereocenters. The van der Waals surface area contributed by atoms with Crippen LogP contribution >= 0.6 is 0 Å². The average molecular weight is 233 g/mol. The van der Waals surface area contributed by atoms with E-state index < -0.39 is 41.4 Å². The van der Waals surface area contributed by atoms with E-state index in [0.717, 1.165) is 0 Å². The number of aliphatic carboxylic acids is 1. The second-order valence-corrected chi connectivity index (χ2v) is 2.82. The van der Waals surface area contributed by atoms with Gasteiger partial charge in [0.1, 0.15) is 29.6 Å². The van der Waals surface area contributed by atoms with E-state index >= 15 is 0 Å². The highest BCUT2D eigenvalue weighted by Gasteiger charge is 2.19.